The summed E-state index contributed by atoms with van der Waals surface area (Å²) in [7, 11) is 0. The SMILES string of the molecule is CC(S)C(=O)Nc1cccnc1. The maximum absolute atomic E-state index is 11.1. The number of anilines is 1. The van der Waals surface area contributed by atoms with Gasteiger partial charge >= 0.3 is 0 Å². The van der Waals surface area contributed by atoms with Gasteiger partial charge in [-0.3, -0.25) is 9.78 Å². The highest BCUT2D eigenvalue weighted by Crippen LogP contribution is 2.04. The summed E-state index contributed by atoms with van der Waals surface area (Å²) in [6, 6.07) is 3.54. The van der Waals surface area contributed by atoms with E-state index >= 15 is 0 Å². The van der Waals surface area contributed by atoms with Crippen molar-refractivity contribution in [2.45, 2.75) is 12.2 Å². The molecule has 1 rings (SSSR count). The van der Waals surface area contributed by atoms with Crippen LogP contribution in [0.4, 0.5) is 5.69 Å². The van der Waals surface area contributed by atoms with Crippen LogP contribution in [0.25, 0.3) is 0 Å². The molecule has 0 bridgehead atoms. The third-order valence-electron chi connectivity index (χ3n) is 1.31. The highest BCUT2D eigenvalue weighted by Gasteiger charge is 2.06. The van der Waals surface area contributed by atoms with Gasteiger partial charge in [0.05, 0.1) is 17.1 Å². The van der Waals surface area contributed by atoms with Crippen molar-refractivity contribution in [1.29, 1.82) is 0 Å². The van der Waals surface area contributed by atoms with Gasteiger partial charge in [0, 0.05) is 6.20 Å². The number of nitrogens with zero attached hydrogens (tertiary/aromatic N) is 1. The molecule has 1 unspecified atom stereocenters. The fraction of sp³-hybridized carbons (Fsp3) is 0.250. The second-order valence-electron chi connectivity index (χ2n) is 2.41. The number of nitrogens with one attached hydrogen (secondary N) is 1. The van der Waals surface area contributed by atoms with Gasteiger partial charge in [-0.15, -0.1) is 0 Å². The summed E-state index contributed by atoms with van der Waals surface area (Å²) in [5, 5.41) is 2.36. The van der Waals surface area contributed by atoms with Crippen LogP contribution in [0, 0.1) is 0 Å². The second kappa shape index (κ2) is 4.11. The molecule has 1 heterocycles. The first-order chi connectivity index (χ1) is 5.70. The van der Waals surface area contributed by atoms with Crippen LogP contribution < -0.4 is 5.32 Å². The summed E-state index contributed by atoms with van der Waals surface area (Å²) in [6.45, 7) is 1.72. The van der Waals surface area contributed by atoms with E-state index in [0.717, 1.165) is 0 Å². The van der Waals surface area contributed by atoms with Crippen LogP contribution in [0.2, 0.25) is 0 Å². The molecule has 1 aromatic rings. The summed E-state index contributed by atoms with van der Waals surface area (Å²) in [4.78, 5) is 15.0. The molecule has 0 aromatic carbocycles. The van der Waals surface area contributed by atoms with Gasteiger partial charge < -0.3 is 5.32 Å². The van der Waals surface area contributed by atoms with E-state index in [1.807, 2.05) is 0 Å². The molecule has 1 N–H and O–H groups in total. The Morgan fingerprint density at radius 3 is 3.00 bits per heavy atom. The smallest absolute Gasteiger partial charge is 0.236 e. The Labute approximate surface area is 76.6 Å². The minimum Gasteiger partial charge on any atom is -0.324 e. The van der Waals surface area contributed by atoms with Gasteiger partial charge in [0.1, 0.15) is 0 Å². The van der Waals surface area contributed by atoms with E-state index in [1.54, 1.807) is 31.5 Å². The third kappa shape index (κ3) is 2.54. The van der Waals surface area contributed by atoms with E-state index in [0.29, 0.717) is 5.69 Å². The average Bonchev–Trinajstić information content (AvgIpc) is 2.06. The maximum Gasteiger partial charge on any atom is 0.236 e. The summed E-state index contributed by atoms with van der Waals surface area (Å²) in [5.41, 5.74) is 0.698. The normalized spacial score (nSPS) is 12.2. The molecule has 0 aliphatic heterocycles. The van der Waals surface area contributed by atoms with E-state index in [2.05, 4.69) is 22.9 Å². The maximum atomic E-state index is 11.1. The van der Waals surface area contributed by atoms with Crippen molar-refractivity contribution >= 4 is 24.2 Å². The molecule has 1 atom stereocenters. The number of hydrogen-bond acceptors (Lipinski definition) is 3. The minimum atomic E-state index is -0.301. The summed E-state index contributed by atoms with van der Waals surface area (Å²) in [6.07, 6.45) is 3.24. The van der Waals surface area contributed by atoms with Crippen molar-refractivity contribution in [3.63, 3.8) is 0 Å². The minimum absolute atomic E-state index is 0.119. The van der Waals surface area contributed by atoms with Gasteiger partial charge in [0.25, 0.3) is 0 Å². The van der Waals surface area contributed by atoms with Gasteiger partial charge in [-0.2, -0.15) is 12.6 Å². The van der Waals surface area contributed by atoms with Crippen LogP contribution in [0.1, 0.15) is 6.92 Å². The van der Waals surface area contributed by atoms with Crippen molar-refractivity contribution in [3.8, 4) is 0 Å². The monoisotopic (exact) mass is 182 g/mol. The number of pyridine rings is 1. The number of rotatable bonds is 2. The highest BCUT2D eigenvalue weighted by molar-refractivity contribution is 7.81. The molecule has 3 nitrogen and oxygen atoms in total. The molecular weight excluding hydrogens is 172 g/mol. The van der Waals surface area contributed by atoms with Crippen LogP contribution in [-0.4, -0.2) is 16.1 Å². The molecule has 0 saturated carbocycles. The fourth-order valence-corrected chi connectivity index (χ4v) is 0.748. The Kier molecular flexibility index (Phi) is 3.10. The molecule has 0 fully saturated rings. The first-order valence-electron chi connectivity index (χ1n) is 3.59. The van der Waals surface area contributed by atoms with E-state index in [4.69, 9.17) is 0 Å². The van der Waals surface area contributed by atoms with E-state index in [-0.39, 0.29) is 11.2 Å². The second-order valence-corrected chi connectivity index (χ2v) is 3.18. The third-order valence-corrected chi connectivity index (χ3v) is 1.54. The number of carbonyl (C=O) groups excluding carboxylic acids is 1. The summed E-state index contributed by atoms with van der Waals surface area (Å²) >= 11 is 3.99. The Balaban J connectivity index is 2.59. The zero-order valence-electron chi connectivity index (χ0n) is 6.69. The van der Waals surface area contributed by atoms with Crippen molar-refractivity contribution in [1.82, 2.24) is 4.98 Å². The number of thiol groups is 1. The average molecular weight is 182 g/mol. The Morgan fingerprint density at radius 2 is 2.50 bits per heavy atom. The lowest BCUT2D eigenvalue weighted by atomic mass is 10.4. The number of hydrogen-bond donors (Lipinski definition) is 2. The van der Waals surface area contributed by atoms with E-state index in [1.165, 1.54) is 0 Å². The molecule has 0 aliphatic rings. The zero-order valence-corrected chi connectivity index (χ0v) is 7.58. The van der Waals surface area contributed by atoms with Crippen molar-refractivity contribution < 1.29 is 4.79 Å². The topological polar surface area (TPSA) is 42.0 Å². The summed E-state index contributed by atoms with van der Waals surface area (Å²) in [5.74, 6) is -0.119. The highest BCUT2D eigenvalue weighted by atomic mass is 32.1. The molecule has 64 valence electrons. The molecule has 12 heavy (non-hydrogen) atoms. The molecule has 1 amide bonds. The Bertz CT molecular complexity index is 261. The number of carbonyl (C=O) groups is 1. The van der Waals surface area contributed by atoms with Gasteiger partial charge in [-0.05, 0) is 19.1 Å². The lowest BCUT2D eigenvalue weighted by Gasteiger charge is -2.05. The molecule has 0 aliphatic carbocycles. The number of amides is 1. The first kappa shape index (κ1) is 9.06. The quantitative estimate of drug-likeness (QED) is 0.678. The molecule has 0 saturated heterocycles. The van der Waals surface area contributed by atoms with Crippen LogP contribution in [-0.2, 0) is 4.79 Å². The molecular formula is C8H10N2OS. The largest absolute Gasteiger partial charge is 0.324 e. The van der Waals surface area contributed by atoms with Gasteiger partial charge in [0.2, 0.25) is 5.91 Å². The van der Waals surface area contributed by atoms with Gasteiger partial charge in [0.15, 0.2) is 0 Å². The summed E-state index contributed by atoms with van der Waals surface area (Å²) < 4.78 is 0. The lowest BCUT2D eigenvalue weighted by molar-refractivity contribution is -0.115. The molecule has 0 radical (unpaired) electrons. The predicted octanol–water partition coefficient (Wildman–Crippen LogP) is 1.34. The van der Waals surface area contributed by atoms with Crippen molar-refractivity contribution in [2.75, 3.05) is 5.32 Å². The standard InChI is InChI=1S/C8H10N2OS/c1-6(12)8(11)10-7-3-2-4-9-5-7/h2-6,12H,1H3,(H,10,11). The fourth-order valence-electron chi connectivity index (χ4n) is 0.683. The van der Waals surface area contributed by atoms with Gasteiger partial charge in [-0.1, -0.05) is 0 Å². The van der Waals surface area contributed by atoms with Gasteiger partial charge in [-0.25, -0.2) is 0 Å². The van der Waals surface area contributed by atoms with Crippen LogP contribution in [0.3, 0.4) is 0 Å². The van der Waals surface area contributed by atoms with Crippen molar-refractivity contribution in [3.05, 3.63) is 24.5 Å². The van der Waals surface area contributed by atoms with E-state index < -0.39 is 0 Å². The van der Waals surface area contributed by atoms with Crippen LogP contribution in [0.5, 0.6) is 0 Å². The molecule has 1 aromatic heterocycles. The Hall–Kier alpha value is -1.03. The Morgan fingerprint density at radius 1 is 1.75 bits per heavy atom. The zero-order chi connectivity index (χ0) is 8.97. The first-order valence-corrected chi connectivity index (χ1v) is 4.11. The van der Waals surface area contributed by atoms with Crippen LogP contribution >= 0.6 is 12.6 Å². The molecule has 4 heteroatoms. The molecule has 0 spiro atoms. The lowest BCUT2D eigenvalue weighted by Crippen LogP contribution is -2.20. The number of aromatic nitrogens is 1. The van der Waals surface area contributed by atoms with Crippen molar-refractivity contribution in [2.24, 2.45) is 0 Å². The predicted molar refractivity (Wildman–Crippen MR) is 51.3 cm³/mol. The van der Waals surface area contributed by atoms with Crippen LogP contribution in [0.15, 0.2) is 24.5 Å². The van der Waals surface area contributed by atoms with E-state index in [9.17, 15) is 4.79 Å².